The Morgan fingerprint density at radius 3 is 2.37 bits per heavy atom. The first kappa shape index (κ1) is 49.1. The van der Waals surface area contributed by atoms with E-state index in [0.717, 1.165) is 31.7 Å². The topological polar surface area (TPSA) is 150 Å². The monoisotopic (exact) mass is 942 g/mol. The Labute approximate surface area is 389 Å². The molecule has 1 aromatic heterocycles. The number of carbonyl (C=O) groups excluding carboxylic acids is 4. The molecule has 7 rings (SSSR count). The number of esters is 3. The van der Waals surface area contributed by atoms with Gasteiger partial charge in [0.05, 0.1) is 39.8 Å². The second-order valence-electron chi connectivity index (χ2n) is 19.9. The normalized spacial score (nSPS) is 26.6. The third-order valence-electron chi connectivity index (χ3n) is 14.9. The van der Waals surface area contributed by atoms with Gasteiger partial charge in [0.15, 0.2) is 0 Å². The number of pyridine rings is 1. The molecule has 9 atom stereocenters. The minimum atomic E-state index is -1.27. The van der Waals surface area contributed by atoms with Crippen LogP contribution < -0.4 is 16.1 Å². The highest BCUT2D eigenvalue weighted by molar-refractivity contribution is 8.00. The molecular weight excluding hydrogens is 878 g/mol. The summed E-state index contributed by atoms with van der Waals surface area (Å²) >= 11 is 8.52. The smallest absolute Gasteiger partial charge is 0.343 e. The van der Waals surface area contributed by atoms with Crippen molar-refractivity contribution in [1.82, 2.24) is 9.47 Å². The number of piperidine rings is 1. The van der Waals surface area contributed by atoms with Crippen LogP contribution in [0.5, 0.6) is 0 Å². The van der Waals surface area contributed by atoms with Crippen LogP contribution in [0.25, 0.3) is 10.9 Å². The van der Waals surface area contributed by atoms with Gasteiger partial charge in [-0.15, -0.1) is 18.3 Å². The van der Waals surface area contributed by atoms with E-state index in [9.17, 15) is 28.4 Å². The van der Waals surface area contributed by atoms with E-state index in [1.54, 1.807) is 29.7 Å². The summed E-state index contributed by atoms with van der Waals surface area (Å²) in [6.07, 6.45) is 7.87. The van der Waals surface area contributed by atoms with Crippen molar-refractivity contribution in [3.05, 3.63) is 63.7 Å². The minimum absolute atomic E-state index is 0.0375. The Hall–Kier alpha value is -3.79. The summed E-state index contributed by atoms with van der Waals surface area (Å²) in [4.78, 5) is 70.5. The van der Waals surface area contributed by atoms with Crippen LogP contribution in [-0.4, -0.2) is 107 Å². The molecule has 3 aliphatic heterocycles. The van der Waals surface area contributed by atoms with E-state index in [1.165, 1.54) is 30.5 Å². The van der Waals surface area contributed by atoms with Gasteiger partial charge in [0.25, 0.3) is 0 Å². The molecule has 356 valence electrons. The highest BCUT2D eigenvalue weighted by Crippen LogP contribution is 2.54. The molecule has 4 heterocycles. The fourth-order valence-electron chi connectivity index (χ4n) is 10.6. The number of halogens is 3. The van der Waals surface area contributed by atoms with E-state index in [1.807, 2.05) is 13.8 Å². The average molecular weight is 944 g/mol. The number of Topliss-reactive ketones (excluding diaryl/α,β-unsaturated/α-hetero) is 1. The largest absolute Gasteiger partial charge is 0.461 e. The number of hydrogen-bond acceptors (Lipinski definition) is 12. The SMILES string of the molecule is C=C[C@@](C)(C[C@H](OC(=O)CSC1CC2CCC(C1)N2C)C(=C)C)[C@H](OC(=O)CCOC(=O)c1cn(C2C[C@@H]2F)c2c(Cl)c(N3C[C@@H](N)C4(CC4)C3)c(F)cc2c1=O)[C@@H](C)CCCC(C)=O. The van der Waals surface area contributed by atoms with Crippen LogP contribution in [0.2, 0.25) is 5.02 Å². The van der Waals surface area contributed by atoms with Gasteiger partial charge >= 0.3 is 17.9 Å². The maximum absolute atomic E-state index is 15.9. The summed E-state index contributed by atoms with van der Waals surface area (Å²) in [7, 11) is 2.19. The molecule has 5 fully saturated rings. The molecule has 12 nitrogen and oxygen atoms in total. The molecule has 3 saturated heterocycles. The van der Waals surface area contributed by atoms with Crippen LogP contribution in [0.4, 0.5) is 14.5 Å². The highest BCUT2D eigenvalue weighted by Gasteiger charge is 2.54. The van der Waals surface area contributed by atoms with Crippen molar-refractivity contribution in [1.29, 1.82) is 0 Å². The van der Waals surface area contributed by atoms with Crippen LogP contribution in [0.15, 0.2) is 41.9 Å². The summed E-state index contributed by atoms with van der Waals surface area (Å²) in [6.45, 7) is 15.8. The van der Waals surface area contributed by atoms with Crippen LogP contribution in [-0.2, 0) is 28.6 Å². The molecule has 16 heteroatoms. The average Bonchev–Trinajstić information content (AvgIpc) is 4.15. The number of aromatic nitrogens is 1. The third kappa shape index (κ3) is 10.7. The number of hydrogen-bond donors (Lipinski definition) is 1. The van der Waals surface area contributed by atoms with Crippen molar-refractivity contribution >= 4 is 63.6 Å². The first-order valence-electron chi connectivity index (χ1n) is 23.1. The third-order valence-corrected chi connectivity index (χ3v) is 16.5. The molecule has 65 heavy (non-hydrogen) atoms. The van der Waals surface area contributed by atoms with Gasteiger partial charge in [-0.2, -0.15) is 0 Å². The van der Waals surface area contributed by atoms with Crippen LogP contribution in [0.1, 0.15) is 121 Å². The number of nitrogens with two attached hydrogens (primary N) is 1. The fraction of sp³-hybridized carbons (Fsp3) is 0.653. The van der Waals surface area contributed by atoms with Crippen LogP contribution in [0, 0.1) is 22.6 Å². The molecule has 0 amide bonds. The Balaban J connectivity index is 1.02. The molecule has 1 aromatic carbocycles. The molecule has 1 spiro atoms. The van der Waals surface area contributed by atoms with Gasteiger partial charge < -0.3 is 39.1 Å². The van der Waals surface area contributed by atoms with E-state index in [-0.39, 0.29) is 75.8 Å². The van der Waals surface area contributed by atoms with Gasteiger partial charge in [0.1, 0.15) is 42.2 Å². The Morgan fingerprint density at radius 1 is 1.11 bits per heavy atom. The maximum atomic E-state index is 15.9. The number of benzene rings is 1. The highest BCUT2D eigenvalue weighted by atomic mass is 35.5. The molecule has 3 unspecified atom stereocenters. The van der Waals surface area contributed by atoms with Crippen molar-refractivity contribution in [3.8, 4) is 0 Å². The molecule has 2 bridgehead atoms. The summed E-state index contributed by atoms with van der Waals surface area (Å²) < 4.78 is 49.7. The predicted octanol–water partition coefficient (Wildman–Crippen LogP) is 8.29. The lowest BCUT2D eigenvalue weighted by molar-refractivity contribution is -0.162. The van der Waals surface area contributed by atoms with Gasteiger partial charge in [-0.1, -0.05) is 38.1 Å². The standard InChI is InChI=1S/C49H65ClF2N4O8S/c1-8-48(6,22-38(27(2)3)63-41(59)25-65-32-18-30-12-13-31(19-32)54(30)7)46(28(4)10-9-11-29(5)57)64-40(58)14-17-62-47(61)34-23-56(37-21-35(37)51)43-33(45(34)60)20-36(52)44(42(43)50)55-24-39(53)49(26-55)15-16-49/h8,20,23,28,30-32,35,37-39,46H,1-2,9-19,21-22,24-26,53H2,3-7H3/t28-,30?,31?,32?,35-,37?,38-,39+,46+,48-/m0/s1. The van der Waals surface area contributed by atoms with E-state index in [0.29, 0.717) is 55.3 Å². The van der Waals surface area contributed by atoms with Gasteiger partial charge in [0.2, 0.25) is 5.43 Å². The summed E-state index contributed by atoms with van der Waals surface area (Å²) in [5.74, 6) is -2.90. The van der Waals surface area contributed by atoms with Crippen molar-refractivity contribution < 1.29 is 42.2 Å². The Kier molecular flexibility index (Phi) is 15.0. The van der Waals surface area contributed by atoms with Crippen molar-refractivity contribution in [2.45, 2.75) is 153 Å². The number of nitrogens with zero attached hydrogens (tertiary/aromatic N) is 3. The summed E-state index contributed by atoms with van der Waals surface area (Å²) in [5.41, 5.74) is 4.91. The molecule has 2 saturated carbocycles. The lowest BCUT2D eigenvalue weighted by Crippen LogP contribution is -2.43. The van der Waals surface area contributed by atoms with E-state index in [2.05, 4.69) is 25.1 Å². The summed E-state index contributed by atoms with van der Waals surface area (Å²) in [6, 6.07) is 1.26. The number of anilines is 1. The molecule has 2 N–H and O–H groups in total. The lowest BCUT2D eigenvalue weighted by Gasteiger charge is -2.40. The zero-order valence-corrected chi connectivity index (χ0v) is 40.0. The van der Waals surface area contributed by atoms with Crippen molar-refractivity contribution in [3.63, 3.8) is 0 Å². The molecule has 0 radical (unpaired) electrons. The maximum Gasteiger partial charge on any atom is 0.343 e. The van der Waals surface area contributed by atoms with Crippen molar-refractivity contribution in [2.75, 3.05) is 37.4 Å². The van der Waals surface area contributed by atoms with E-state index >= 15 is 4.39 Å². The van der Waals surface area contributed by atoms with Gasteiger partial charge in [-0.25, -0.2) is 13.6 Å². The fourth-order valence-corrected chi connectivity index (χ4v) is 12.1. The Morgan fingerprint density at radius 2 is 1.78 bits per heavy atom. The predicted molar refractivity (Wildman–Crippen MR) is 250 cm³/mol. The zero-order chi connectivity index (χ0) is 47.1. The van der Waals surface area contributed by atoms with Crippen LogP contribution in [0.3, 0.4) is 0 Å². The van der Waals surface area contributed by atoms with Crippen molar-refractivity contribution in [2.24, 2.45) is 22.5 Å². The number of alkyl halides is 1. The minimum Gasteiger partial charge on any atom is -0.461 e. The second-order valence-corrected chi connectivity index (χ2v) is 21.6. The number of carbonyl (C=O) groups is 4. The zero-order valence-electron chi connectivity index (χ0n) is 38.4. The van der Waals surface area contributed by atoms with Gasteiger partial charge in [-0.05, 0) is 89.8 Å². The van der Waals surface area contributed by atoms with E-state index in [4.69, 9.17) is 31.5 Å². The molecule has 5 aliphatic rings. The first-order chi connectivity index (χ1) is 30.7. The number of ether oxygens (including phenoxy) is 3. The number of fused-ring (bicyclic) bond motifs is 3. The number of thioether (sulfide) groups is 1. The van der Waals surface area contributed by atoms with Gasteiger partial charge in [0, 0.05) is 72.8 Å². The van der Waals surface area contributed by atoms with Gasteiger partial charge in [-0.3, -0.25) is 14.4 Å². The molecule has 2 aromatic rings. The lowest BCUT2D eigenvalue weighted by atomic mass is 9.72. The van der Waals surface area contributed by atoms with E-state index < -0.39 is 65.2 Å². The number of ketones is 1. The molecular formula is C49H65ClF2N4O8S. The Bertz CT molecular complexity index is 2260. The molecule has 2 aliphatic carbocycles. The summed E-state index contributed by atoms with van der Waals surface area (Å²) in [5, 5.41) is 0.143. The quantitative estimate of drug-likeness (QED) is 0.0729. The first-order valence-corrected chi connectivity index (χ1v) is 24.6. The van der Waals surface area contributed by atoms with Crippen LogP contribution >= 0.6 is 23.4 Å². The second kappa shape index (κ2) is 19.8. The number of rotatable bonds is 21.